The number of amides is 2. The van der Waals surface area contributed by atoms with Crippen LogP contribution in [-0.4, -0.2) is 34.2 Å². The van der Waals surface area contributed by atoms with Crippen LogP contribution in [0.15, 0.2) is 72.1 Å². The predicted octanol–water partition coefficient (Wildman–Crippen LogP) is 5.85. The summed E-state index contributed by atoms with van der Waals surface area (Å²) in [6.45, 7) is 3.99. The van der Waals surface area contributed by atoms with E-state index in [0.29, 0.717) is 13.1 Å². The summed E-state index contributed by atoms with van der Waals surface area (Å²) < 4.78 is 39.3. The van der Waals surface area contributed by atoms with E-state index in [2.05, 4.69) is 0 Å². The zero-order valence-electron chi connectivity index (χ0n) is 18.4. The molecule has 8 heteroatoms. The maximum Gasteiger partial charge on any atom is 0.416 e. The second-order valence-electron chi connectivity index (χ2n) is 7.92. The number of benzene rings is 2. The van der Waals surface area contributed by atoms with Crippen LogP contribution >= 0.6 is 11.3 Å². The molecule has 3 rings (SSSR count). The van der Waals surface area contributed by atoms with Crippen molar-refractivity contribution in [1.82, 2.24) is 9.80 Å². The van der Waals surface area contributed by atoms with Crippen molar-refractivity contribution in [3.63, 3.8) is 0 Å². The Kier molecular flexibility index (Phi) is 7.92. The summed E-state index contributed by atoms with van der Waals surface area (Å²) in [6.07, 6.45) is -4.55. The molecule has 0 aliphatic heterocycles. The molecule has 0 saturated carbocycles. The lowest BCUT2D eigenvalue weighted by Gasteiger charge is -2.30. The van der Waals surface area contributed by atoms with Crippen molar-refractivity contribution >= 4 is 23.2 Å². The van der Waals surface area contributed by atoms with Gasteiger partial charge in [-0.2, -0.15) is 13.2 Å². The number of carbonyl (C=O) groups excluding carboxylic acids is 2. The lowest BCUT2D eigenvalue weighted by molar-refractivity contribution is -0.137. The predicted molar refractivity (Wildman–Crippen MR) is 123 cm³/mol. The fraction of sp³-hybridized carbons (Fsp3) is 0.280. The van der Waals surface area contributed by atoms with E-state index in [1.54, 1.807) is 18.7 Å². The first kappa shape index (κ1) is 24.5. The Morgan fingerprint density at radius 1 is 0.939 bits per heavy atom. The molecule has 3 aromatic rings. The highest BCUT2D eigenvalue weighted by Crippen LogP contribution is 2.30. The molecule has 33 heavy (non-hydrogen) atoms. The zero-order valence-corrected chi connectivity index (χ0v) is 19.2. The first-order valence-electron chi connectivity index (χ1n) is 10.5. The Bertz CT molecular complexity index is 1070. The lowest BCUT2D eigenvalue weighted by Crippen LogP contribution is -2.45. The molecule has 174 valence electrons. The number of alkyl halides is 3. The number of halogens is 3. The van der Waals surface area contributed by atoms with Gasteiger partial charge >= 0.3 is 6.18 Å². The van der Waals surface area contributed by atoms with E-state index in [-0.39, 0.29) is 24.1 Å². The maximum atomic E-state index is 13.3. The van der Waals surface area contributed by atoms with Gasteiger partial charge in [-0.15, -0.1) is 11.3 Å². The van der Waals surface area contributed by atoms with E-state index in [9.17, 15) is 22.8 Å². The van der Waals surface area contributed by atoms with E-state index in [1.807, 2.05) is 47.8 Å². The first-order valence-corrected chi connectivity index (χ1v) is 11.4. The van der Waals surface area contributed by atoms with E-state index >= 15 is 0 Å². The van der Waals surface area contributed by atoms with Crippen LogP contribution in [0.5, 0.6) is 0 Å². The molecule has 0 bridgehead atoms. The van der Waals surface area contributed by atoms with Gasteiger partial charge in [-0.3, -0.25) is 9.59 Å². The van der Waals surface area contributed by atoms with Crippen molar-refractivity contribution in [2.75, 3.05) is 6.54 Å². The molecule has 2 amide bonds. The van der Waals surface area contributed by atoms with Crippen molar-refractivity contribution in [2.24, 2.45) is 0 Å². The second kappa shape index (κ2) is 10.7. The Hall–Kier alpha value is -3.13. The van der Waals surface area contributed by atoms with Gasteiger partial charge in [-0.25, -0.2) is 0 Å². The van der Waals surface area contributed by atoms with Gasteiger partial charge in [0.2, 0.25) is 5.91 Å². The van der Waals surface area contributed by atoms with Crippen molar-refractivity contribution < 1.29 is 22.8 Å². The van der Waals surface area contributed by atoms with Gasteiger partial charge in [-0.1, -0.05) is 42.5 Å². The fourth-order valence-corrected chi connectivity index (χ4v) is 4.08. The standard InChI is InChI=1S/C25H25F3N2O2S/c1-18(2)30(24(32)20-10-6-11-21(14-20)25(26,27)28)17-23(31)29(16-22-12-7-13-33-22)15-19-8-4-3-5-9-19/h3-14,18H,15-17H2,1-2H3. The quantitative estimate of drug-likeness (QED) is 0.411. The fourth-order valence-electron chi connectivity index (χ4n) is 3.36. The van der Waals surface area contributed by atoms with Gasteiger partial charge in [0, 0.05) is 23.0 Å². The average molecular weight is 475 g/mol. The summed E-state index contributed by atoms with van der Waals surface area (Å²) in [5, 5.41) is 1.93. The molecule has 4 nitrogen and oxygen atoms in total. The summed E-state index contributed by atoms with van der Waals surface area (Å²) in [6, 6.07) is 17.3. The molecule has 0 N–H and O–H groups in total. The van der Waals surface area contributed by atoms with Gasteiger partial charge in [0.15, 0.2) is 0 Å². The molecule has 0 radical (unpaired) electrons. The summed E-state index contributed by atoms with van der Waals surface area (Å²) in [5.74, 6) is -0.887. The summed E-state index contributed by atoms with van der Waals surface area (Å²) >= 11 is 1.53. The third-order valence-corrected chi connectivity index (χ3v) is 5.98. The Balaban J connectivity index is 1.82. The van der Waals surface area contributed by atoms with Gasteiger partial charge in [-0.05, 0) is 49.1 Å². The van der Waals surface area contributed by atoms with Crippen LogP contribution in [0, 0.1) is 0 Å². The Morgan fingerprint density at radius 2 is 1.67 bits per heavy atom. The third-order valence-electron chi connectivity index (χ3n) is 5.12. The van der Waals surface area contributed by atoms with Gasteiger partial charge in [0.1, 0.15) is 6.54 Å². The molecule has 0 saturated heterocycles. The van der Waals surface area contributed by atoms with Crippen LogP contribution in [0.25, 0.3) is 0 Å². The number of hydrogen-bond acceptors (Lipinski definition) is 3. The number of thiophene rings is 1. The zero-order chi connectivity index (χ0) is 24.0. The number of hydrogen-bond donors (Lipinski definition) is 0. The van der Waals surface area contributed by atoms with Crippen molar-refractivity contribution in [3.05, 3.63) is 93.7 Å². The van der Waals surface area contributed by atoms with Crippen LogP contribution in [0.2, 0.25) is 0 Å². The second-order valence-corrected chi connectivity index (χ2v) is 8.95. The van der Waals surface area contributed by atoms with Crippen molar-refractivity contribution in [3.8, 4) is 0 Å². The van der Waals surface area contributed by atoms with E-state index in [4.69, 9.17) is 0 Å². The molecule has 1 heterocycles. The molecule has 1 aromatic heterocycles. The molecular weight excluding hydrogens is 449 g/mol. The molecular formula is C25H25F3N2O2S. The number of carbonyl (C=O) groups is 2. The van der Waals surface area contributed by atoms with Crippen molar-refractivity contribution in [2.45, 2.75) is 39.2 Å². The average Bonchev–Trinajstić information content (AvgIpc) is 3.29. The molecule has 0 aliphatic rings. The van der Waals surface area contributed by atoms with Crippen molar-refractivity contribution in [1.29, 1.82) is 0 Å². The maximum absolute atomic E-state index is 13.3. The van der Waals surface area contributed by atoms with Gasteiger partial charge in [0.05, 0.1) is 12.1 Å². The first-order chi connectivity index (χ1) is 15.6. The molecule has 0 fully saturated rings. The minimum absolute atomic E-state index is 0.0980. The smallest absolute Gasteiger partial charge is 0.332 e. The summed E-state index contributed by atoms with van der Waals surface area (Å²) in [5.41, 5.74) is -0.0475. The van der Waals surface area contributed by atoms with Crippen LogP contribution < -0.4 is 0 Å². The van der Waals surface area contributed by atoms with Crippen LogP contribution in [0.3, 0.4) is 0 Å². The molecule has 0 spiro atoms. The molecule has 0 atom stereocenters. The van der Waals surface area contributed by atoms with Gasteiger partial charge in [0.25, 0.3) is 5.91 Å². The molecule has 2 aromatic carbocycles. The third kappa shape index (κ3) is 6.68. The SMILES string of the molecule is CC(C)N(CC(=O)N(Cc1ccccc1)Cc1cccs1)C(=O)c1cccc(C(F)(F)F)c1. The summed E-state index contributed by atoms with van der Waals surface area (Å²) in [4.78, 5) is 30.4. The van der Waals surface area contributed by atoms with E-state index in [1.165, 1.54) is 28.4 Å². The Morgan fingerprint density at radius 3 is 2.27 bits per heavy atom. The van der Waals surface area contributed by atoms with Gasteiger partial charge < -0.3 is 9.80 Å². The minimum Gasteiger partial charge on any atom is -0.332 e. The highest BCUT2D eigenvalue weighted by Gasteiger charge is 2.32. The lowest BCUT2D eigenvalue weighted by atomic mass is 10.1. The molecule has 0 aliphatic carbocycles. The van der Waals surface area contributed by atoms with Crippen LogP contribution in [-0.2, 0) is 24.1 Å². The largest absolute Gasteiger partial charge is 0.416 e. The normalized spacial score (nSPS) is 11.5. The topological polar surface area (TPSA) is 40.6 Å². The Labute approximate surface area is 195 Å². The van der Waals surface area contributed by atoms with E-state index in [0.717, 1.165) is 22.6 Å². The van der Waals surface area contributed by atoms with Crippen LogP contribution in [0.1, 0.15) is 40.2 Å². The highest BCUT2D eigenvalue weighted by atomic mass is 32.1. The summed E-state index contributed by atoms with van der Waals surface area (Å²) in [7, 11) is 0. The van der Waals surface area contributed by atoms with Crippen LogP contribution in [0.4, 0.5) is 13.2 Å². The number of nitrogens with zero attached hydrogens (tertiary/aromatic N) is 2. The van der Waals surface area contributed by atoms with E-state index < -0.39 is 17.6 Å². The molecule has 0 unspecified atom stereocenters. The highest BCUT2D eigenvalue weighted by molar-refractivity contribution is 7.09. The monoisotopic (exact) mass is 474 g/mol. The minimum atomic E-state index is -4.55. The number of rotatable bonds is 8.